The summed E-state index contributed by atoms with van der Waals surface area (Å²) < 4.78 is 0.276. The molecule has 2 rings (SSSR count). The van der Waals surface area contributed by atoms with E-state index in [1.807, 2.05) is 11.8 Å². The molecule has 108 valence electrons. The van der Waals surface area contributed by atoms with E-state index in [9.17, 15) is 9.59 Å². The largest absolute Gasteiger partial charge is 0.481 e. The first-order valence-electron chi connectivity index (χ1n) is 6.87. The molecule has 0 aliphatic heterocycles. The lowest BCUT2D eigenvalue weighted by atomic mass is 9.86. The fraction of sp³-hybridized carbons (Fsp3) is 0.846. The summed E-state index contributed by atoms with van der Waals surface area (Å²) in [6.07, 6.45) is 7.29. The van der Waals surface area contributed by atoms with Gasteiger partial charge in [0, 0.05) is 17.3 Å². The van der Waals surface area contributed by atoms with Crippen molar-refractivity contribution in [3.05, 3.63) is 0 Å². The zero-order valence-electron chi connectivity index (χ0n) is 11.3. The van der Waals surface area contributed by atoms with E-state index in [4.69, 9.17) is 5.11 Å². The Balaban J connectivity index is 1.65. The van der Waals surface area contributed by atoms with Crippen LogP contribution in [0.5, 0.6) is 0 Å². The number of carbonyl (C=O) groups excluding carboxylic acids is 1. The van der Waals surface area contributed by atoms with Crippen LogP contribution in [0, 0.1) is 5.92 Å². The third-order valence-corrected chi connectivity index (χ3v) is 5.64. The maximum Gasteiger partial charge on any atom is 0.315 e. The number of hydrogen-bond donors (Lipinski definition) is 3. The number of nitrogens with one attached hydrogen (secondary N) is 2. The van der Waals surface area contributed by atoms with Gasteiger partial charge < -0.3 is 15.7 Å². The summed E-state index contributed by atoms with van der Waals surface area (Å²) in [5.74, 6) is -0.939. The number of amides is 2. The lowest BCUT2D eigenvalue weighted by Crippen LogP contribution is -2.46. The molecule has 0 aromatic rings. The van der Waals surface area contributed by atoms with E-state index in [0.717, 1.165) is 19.4 Å². The first-order valence-corrected chi connectivity index (χ1v) is 8.09. The number of carbonyl (C=O) groups is 2. The summed E-state index contributed by atoms with van der Waals surface area (Å²) in [4.78, 5) is 22.6. The highest BCUT2D eigenvalue weighted by Gasteiger charge is 2.42. The van der Waals surface area contributed by atoms with Crippen molar-refractivity contribution in [2.24, 2.45) is 5.92 Å². The normalized spacial score (nSPS) is 28.5. The second-order valence-electron chi connectivity index (χ2n) is 5.60. The van der Waals surface area contributed by atoms with Crippen LogP contribution in [0.4, 0.5) is 4.79 Å². The van der Waals surface area contributed by atoms with Crippen LogP contribution in [0.1, 0.15) is 38.5 Å². The lowest BCUT2D eigenvalue weighted by molar-refractivity contribution is -0.142. The van der Waals surface area contributed by atoms with Gasteiger partial charge in [0.25, 0.3) is 0 Å². The molecule has 0 aromatic carbocycles. The lowest BCUT2D eigenvalue weighted by Gasteiger charge is -2.27. The van der Waals surface area contributed by atoms with Crippen LogP contribution in [0.25, 0.3) is 0 Å². The molecule has 19 heavy (non-hydrogen) atoms. The van der Waals surface area contributed by atoms with Gasteiger partial charge in [-0.05, 0) is 44.8 Å². The second-order valence-corrected chi connectivity index (χ2v) is 6.88. The third kappa shape index (κ3) is 4.03. The van der Waals surface area contributed by atoms with Crippen molar-refractivity contribution >= 4 is 23.8 Å². The number of thioether (sulfide) groups is 1. The van der Waals surface area contributed by atoms with Crippen molar-refractivity contribution in [1.82, 2.24) is 10.6 Å². The zero-order valence-corrected chi connectivity index (χ0v) is 12.1. The third-order valence-electron chi connectivity index (χ3n) is 4.22. The van der Waals surface area contributed by atoms with Gasteiger partial charge in [-0.1, -0.05) is 0 Å². The van der Waals surface area contributed by atoms with E-state index >= 15 is 0 Å². The van der Waals surface area contributed by atoms with E-state index in [1.54, 1.807) is 0 Å². The molecule has 0 aromatic heterocycles. The maximum absolute atomic E-state index is 11.8. The van der Waals surface area contributed by atoms with E-state index in [0.29, 0.717) is 12.8 Å². The fourth-order valence-electron chi connectivity index (χ4n) is 2.55. The molecule has 0 heterocycles. The summed E-state index contributed by atoms with van der Waals surface area (Å²) in [6, 6.07) is 0.0131. The zero-order chi connectivity index (χ0) is 13.9. The van der Waals surface area contributed by atoms with Crippen LogP contribution >= 0.6 is 11.8 Å². The molecule has 2 aliphatic rings. The minimum atomic E-state index is -0.710. The van der Waals surface area contributed by atoms with Crippen molar-refractivity contribution in [1.29, 1.82) is 0 Å². The molecule has 0 unspecified atom stereocenters. The second kappa shape index (κ2) is 6.03. The van der Waals surface area contributed by atoms with E-state index < -0.39 is 5.97 Å². The molecule has 5 nitrogen and oxygen atoms in total. The molecule has 2 saturated carbocycles. The molecule has 0 radical (unpaired) electrons. The van der Waals surface area contributed by atoms with E-state index in [1.165, 1.54) is 12.8 Å². The summed E-state index contributed by atoms with van der Waals surface area (Å²) in [6.45, 7) is 0.727. The average molecular weight is 286 g/mol. The molecule has 2 amide bonds. The Bertz CT molecular complexity index is 350. The molecule has 0 atom stereocenters. The van der Waals surface area contributed by atoms with Gasteiger partial charge in [-0.15, -0.1) is 0 Å². The first kappa shape index (κ1) is 14.5. The van der Waals surface area contributed by atoms with Gasteiger partial charge in [0.2, 0.25) is 0 Å². The molecule has 0 spiro atoms. The van der Waals surface area contributed by atoms with Gasteiger partial charge in [-0.2, -0.15) is 11.8 Å². The van der Waals surface area contributed by atoms with Gasteiger partial charge in [0.05, 0.1) is 5.92 Å². The van der Waals surface area contributed by atoms with Crippen LogP contribution in [-0.2, 0) is 4.79 Å². The monoisotopic (exact) mass is 286 g/mol. The predicted molar refractivity (Wildman–Crippen MR) is 75.4 cm³/mol. The Labute approximate surface area is 117 Å². The number of aliphatic carboxylic acids is 1. The highest BCUT2D eigenvalue weighted by Crippen LogP contribution is 2.46. The minimum Gasteiger partial charge on any atom is -0.481 e. The Morgan fingerprint density at radius 3 is 2.37 bits per heavy atom. The predicted octanol–water partition coefficient (Wildman–Crippen LogP) is 1.82. The Morgan fingerprint density at radius 2 is 1.89 bits per heavy atom. The molecule has 3 N–H and O–H groups in total. The molecular weight excluding hydrogens is 264 g/mol. The van der Waals surface area contributed by atoms with Gasteiger partial charge in [0.15, 0.2) is 0 Å². The van der Waals surface area contributed by atoms with Crippen LogP contribution in [-0.4, -0.2) is 40.7 Å². The average Bonchev–Trinajstić information content (AvgIpc) is 3.18. The van der Waals surface area contributed by atoms with Gasteiger partial charge in [-0.3, -0.25) is 4.79 Å². The van der Waals surface area contributed by atoms with Crippen molar-refractivity contribution in [3.63, 3.8) is 0 Å². The molecule has 2 aliphatic carbocycles. The van der Waals surface area contributed by atoms with Gasteiger partial charge in [0.1, 0.15) is 0 Å². The SMILES string of the molecule is CSC1(CNC(=O)NC2CCC(C(=O)O)CC2)CC1. The van der Waals surface area contributed by atoms with E-state index in [-0.39, 0.29) is 22.7 Å². The van der Waals surface area contributed by atoms with Crippen molar-refractivity contribution < 1.29 is 14.7 Å². The standard InChI is InChI=1S/C13H22N2O3S/c1-19-13(6-7-13)8-14-12(18)15-10-4-2-9(3-5-10)11(16)17/h9-10H,2-8H2,1H3,(H,16,17)(H2,14,15,18). The van der Waals surface area contributed by atoms with E-state index in [2.05, 4.69) is 16.9 Å². The number of carboxylic acid groups (broad SMARTS) is 1. The number of hydrogen-bond acceptors (Lipinski definition) is 3. The van der Waals surface area contributed by atoms with Crippen LogP contribution in [0.2, 0.25) is 0 Å². The van der Waals surface area contributed by atoms with Crippen molar-refractivity contribution in [2.45, 2.75) is 49.3 Å². The highest BCUT2D eigenvalue weighted by molar-refractivity contribution is 8.00. The molecule has 0 bridgehead atoms. The maximum atomic E-state index is 11.8. The number of urea groups is 1. The topological polar surface area (TPSA) is 78.4 Å². The molecule has 2 fully saturated rings. The summed E-state index contributed by atoms with van der Waals surface area (Å²) in [7, 11) is 0. The van der Waals surface area contributed by atoms with Crippen LogP contribution in [0.15, 0.2) is 0 Å². The first-order chi connectivity index (χ1) is 9.04. The Kier molecular flexibility index (Phi) is 4.60. The van der Waals surface area contributed by atoms with Crippen LogP contribution in [0.3, 0.4) is 0 Å². The molecular formula is C13H22N2O3S. The minimum absolute atomic E-state index is 0.112. The molecule has 0 saturated heterocycles. The summed E-state index contributed by atoms with van der Waals surface area (Å²) in [5.41, 5.74) is 0. The van der Waals surface area contributed by atoms with Crippen molar-refractivity contribution in [3.8, 4) is 0 Å². The Hall–Kier alpha value is -0.910. The van der Waals surface area contributed by atoms with Gasteiger partial charge in [-0.25, -0.2) is 4.79 Å². The summed E-state index contributed by atoms with van der Waals surface area (Å²) in [5, 5.41) is 14.8. The van der Waals surface area contributed by atoms with Crippen molar-refractivity contribution in [2.75, 3.05) is 12.8 Å². The summed E-state index contributed by atoms with van der Waals surface area (Å²) >= 11 is 1.82. The van der Waals surface area contributed by atoms with Gasteiger partial charge >= 0.3 is 12.0 Å². The molecule has 6 heteroatoms. The van der Waals surface area contributed by atoms with Crippen LogP contribution < -0.4 is 10.6 Å². The quantitative estimate of drug-likeness (QED) is 0.720. The highest BCUT2D eigenvalue weighted by atomic mass is 32.2. The number of rotatable bonds is 5. The Morgan fingerprint density at radius 1 is 1.26 bits per heavy atom. The fourth-order valence-corrected chi connectivity index (χ4v) is 3.28. The smallest absolute Gasteiger partial charge is 0.315 e. The number of carboxylic acids is 1.